The van der Waals surface area contributed by atoms with Crippen LogP contribution < -0.4 is 10.6 Å². The van der Waals surface area contributed by atoms with E-state index in [4.69, 9.17) is 50.7 Å². The zero-order chi connectivity index (χ0) is 24.6. The van der Waals surface area contributed by atoms with Gasteiger partial charge in [0.2, 0.25) is 10.0 Å². The number of ether oxygens (including phenoxy) is 1. The first-order valence-corrected chi connectivity index (χ1v) is 12.9. The number of nitrogens with zero attached hydrogens (tertiary/aromatic N) is 3. The maximum absolute atomic E-state index is 13.1. The molecule has 1 unspecified atom stereocenters. The Labute approximate surface area is 212 Å². The Morgan fingerprint density at radius 2 is 1.65 bits per heavy atom. The van der Waals surface area contributed by atoms with Gasteiger partial charge in [-0.2, -0.15) is 4.31 Å². The first kappa shape index (κ1) is 25.0. The number of cyclic esters (lactones) is 1. The van der Waals surface area contributed by atoms with Crippen molar-refractivity contribution >= 4 is 62.4 Å². The van der Waals surface area contributed by atoms with E-state index in [9.17, 15) is 13.2 Å². The van der Waals surface area contributed by atoms with Gasteiger partial charge in [0.05, 0.1) is 16.6 Å². The highest BCUT2D eigenvalue weighted by atomic mass is 35.5. The Morgan fingerprint density at radius 1 is 1.06 bits per heavy atom. The third kappa shape index (κ3) is 5.12. The van der Waals surface area contributed by atoms with E-state index in [-0.39, 0.29) is 45.0 Å². The van der Waals surface area contributed by atoms with Crippen LogP contribution in [0.5, 0.6) is 0 Å². The molecular formula is C21H22Cl3N5O4S. The van der Waals surface area contributed by atoms with Gasteiger partial charge < -0.3 is 10.5 Å². The minimum absolute atomic E-state index is 0.0192. The summed E-state index contributed by atoms with van der Waals surface area (Å²) in [5.74, 6) is -0.0461. The maximum atomic E-state index is 13.1. The van der Waals surface area contributed by atoms with Crippen LogP contribution in [0.1, 0.15) is 5.56 Å². The molecule has 2 fully saturated rings. The molecule has 2 aromatic rings. The number of anilines is 1. The number of nitrogen functional groups attached to an aromatic ring is 1. The van der Waals surface area contributed by atoms with E-state index in [1.165, 1.54) is 21.3 Å². The average Bonchev–Trinajstić information content (AvgIpc) is 3.13. The Morgan fingerprint density at radius 3 is 2.21 bits per heavy atom. The van der Waals surface area contributed by atoms with E-state index in [0.29, 0.717) is 37.4 Å². The number of amidine groups is 1. The molecule has 3 N–H and O–H groups in total. The predicted octanol–water partition coefficient (Wildman–Crippen LogP) is 3.26. The fraction of sp³-hybridized carbons (Fsp3) is 0.333. The molecule has 2 heterocycles. The van der Waals surface area contributed by atoms with Crippen molar-refractivity contribution in [2.24, 2.45) is 5.73 Å². The molecule has 2 aliphatic rings. The van der Waals surface area contributed by atoms with E-state index in [1.54, 1.807) is 24.3 Å². The van der Waals surface area contributed by atoms with Crippen LogP contribution in [0.25, 0.3) is 0 Å². The second kappa shape index (κ2) is 9.88. The third-order valence-electron chi connectivity index (χ3n) is 5.72. The minimum Gasteiger partial charge on any atom is -0.443 e. The van der Waals surface area contributed by atoms with Crippen LogP contribution in [0.2, 0.25) is 15.1 Å². The highest BCUT2D eigenvalue weighted by Crippen LogP contribution is 2.35. The van der Waals surface area contributed by atoms with Gasteiger partial charge >= 0.3 is 6.09 Å². The number of nitrogens with two attached hydrogens (primary N) is 1. The lowest BCUT2D eigenvalue weighted by Crippen LogP contribution is -2.50. The molecule has 0 spiro atoms. The molecule has 0 saturated carbocycles. The number of rotatable bonds is 6. The molecule has 4 rings (SSSR count). The summed E-state index contributed by atoms with van der Waals surface area (Å²) in [7, 11) is -3.89. The van der Waals surface area contributed by atoms with Gasteiger partial charge in [0.25, 0.3) is 0 Å². The predicted molar refractivity (Wildman–Crippen MR) is 132 cm³/mol. The van der Waals surface area contributed by atoms with Gasteiger partial charge in [-0.05, 0) is 36.4 Å². The average molecular weight is 547 g/mol. The monoisotopic (exact) mass is 545 g/mol. The summed E-state index contributed by atoms with van der Waals surface area (Å²) in [5, 5.41) is 7.69. The molecule has 2 aliphatic heterocycles. The first-order valence-electron chi connectivity index (χ1n) is 10.4. The number of nitrogens with one attached hydrogen (secondary N) is 1. The van der Waals surface area contributed by atoms with Crippen LogP contribution in [0.4, 0.5) is 10.5 Å². The Hall–Kier alpha value is -2.08. The lowest BCUT2D eigenvalue weighted by Gasteiger charge is -2.35. The van der Waals surface area contributed by atoms with Crippen LogP contribution in [-0.4, -0.2) is 74.9 Å². The van der Waals surface area contributed by atoms with Gasteiger partial charge in [0, 0.05) is 49.0 Å². The quantitative estimate of drug-likeness (QED) is 0.424. The highest BCUT2D eigenvalue weighted by molar-refractivity contribution is 7.89. The summed E-state index contributed by atoms with van der Waals surface area (Å²) in [5.41, 5.74) is 6.70. The number of piperazine rings is 1. The van der Waals surface area contributed by atoms with Crippen LogP contribution >= 0.6 is 34.8 Å². The Bertz CT molecular complexity index is 1190. The van der Waals surface area contributed by atoms with Gasteiger partial charge in [0.1, 0.15) is 16.8 Å². The second-order valence-corrected chi connectivity index (χ2v) is 11.1. The minimum atomic E-state index is -3.89. The Balaban J connectivity index is 1.35. The summed E-state index contributed by atoms with van der Waals surface area (Å²) >= 11 is 18.2. The molecule has 0 bridgehead atoms. The van der Waals surface area contributed by atoms with Gasteiger partial charge in [-0.1, -0.05) is 34.8 Å². The van der Waals surface area contributed by atoms with Crippen LogP contribution in [-0.2, 0) is 14.8 Å². The molecule has 182 valence electrons. The van der Waals surface area contributed by atoms with E-state index < -0.39 is 16.1 Å². The molecule has 2 saturated heterocycles. The molecule has 0 radical (unpaired) electrons. The molecule has 9 nitrogen and oxygen atoms in total. The van der Waals surface area contributed by atoms with Crippen molar-refractivity contribution in [3.8, 4) is 0 Å². The van der Waals surface area contributed by atoms with Crippen LogP contribution in [0.15, 0.2) is 41.3 Å². The Kier molecular flexibility index (Phi) is 7.28. The molecule has 34 heavy (non-hydrogen) atoms. The highest BCUT2D eigenvalue weighted by Gasteiger charge is 2.36. The van der Waals surface area contributed by atoms with Crippen molar-refractivity contribution in [2.45, 2.75) is 11.0 Å². The normalized spacial score (nSPS) is 19.9. The van der Waals surface area contributed by atoms with Gasteiger partial charge in [-0.3, -0.25) is 15.2 Å². The topological polar surface area (TPSA) is 120 Å². The van der Waals surface area contributed by atoms with Gasteiger partial charge in [-0.15, -0.1) is 0 Å². The molecular weight excluding hydrogens is 525 g/mol. The lowest BCUT2D eigenvalue weighted by atomic mass is 10.2. The number of carbonyl (C=O) groups excluding carboxylic acids is 1. The van der Waals surface area contributed by atoms with Crippen molar-refractivity contribution in [3.05, 3.63) is 57.0 Å². The van der Waals surface area contributed by atoms with Crippen molar-refractivity contribution < 1.29 is 17.9 Å². The molecule has 2 aromatic carbocycles. The van der Waals surface area contributed by atoms with Crippen molar-refractivity contribution in [3.63, 3.8) is 0 Å². The second-order valence-electron chi connectivity index (χ2n) is 7.98. The summed E-state index contributed by atoms with van der Waals surface area (Å²) in [4.78, 5) is 15.8. The number of carbonyl (C=O) groups is 1. The SMILES string of the molecule is N=C(N)c1ccc(N2CC(CN3CCN(S(=O)(=O)c4c(Cl)cc(Cl)cc4Cl)CC3)OC2=O)cc1. The number of amides is 1. The standard InChI is InChI=1S/C21H22Cl3N5O4S/c22-14-9-17(23)19(18(24)10-14)34(31,32)28-7-5-27(6-8-28)11-16-12-29(21(30)33-16)15-3-1-13(2-4-15)20(25)26/h1-4,9-10,16H,5-8,11-12H2,(H3,25,26). The molecule has 13 heteroatoms. The number of sulfonamides is 1. The number of halogens is 3. The summed E-state index contributed by atoms with van der Waals surface area (Å²) in [6.07, 6.45) is -0.808. The van der Waals surface area contributed by atoms with Gasteiger partial charge in [-0.25, -0.2) is 13.2 Å². The summed E-state index contributed by atoms with van der Waals surface area (Å²) in [6.45, 7) is 2.26. The van der Waals surface area contributed by atoms with E-state index >= 15 is 0 Å². The lowest BCUT2D eigenvalue weighted by molar-refractivity contribution is 0.0937. The summed E-state index contributed by atoms with van der Waals surface area (Å²) in [6, 6.07) is 9.50. The summed E-state index contributed by atoms with van der Waals surface area (Å²) < 4.78 is 33.1. The molecule has 0 aromatic heterocycles. The van der Waals surface area contributed by atoms with Gasteiger partial charge in [0.15, 0.2) is 0 Å². The van der Waals surface area contributed by atoms with Crippen molar-refractivity contribution in [2.75, 3.05) is 44.2 Å². The van der Waals surface area contributed by atoms with Crippen molar-refractivity contribution in [1.29, 1.82) is 5.41 Å². The first-order chi connectivity index (χ1) is 16.1. The fourth-order valence-corrected chi connectivity index (χ4v) is 6.91. The fourth-order valence-electron chi connectivity index (χ4n) is 3.99. The van der Waals surface area contributed by atoms with E-state index in [0.717, 1.165) is 0 Å². The molecule has 1 atom stereocenters. The zero-order valence-corrected chi connectivity index (χ0v) is 21.0. The van der Waals surface area contributed by atoms with Crippen LogP contribution in [0.3, 0.4) is 0 Å². The number of hydrogen-bond donors (Lipinski definition) is 2. The maximum Gasteiger partial charge on any atom is 0.414 e. The van der Waals surface area contributed by atoms with E-state index in [1.807, 2.05) is 0 Å². The smallest absolute Gasteiger partial charge is 0.414 e. The third-order valence-corrected chi connectivity index (χ3v) is 8.76. The molecule has 0 aliphatic carbocycles. The van der Waals surface area contributed by atoms with Crippen molar-refractivity contribution in [1.82, 2.24) is 9.21 Å². The van der Waals surface area contributed by atoms with Crippen LogP contribution in [0, 0.1) is 5.41 Å². The van der Waals surface area contributed by atoms with E-state index in [2.05, 4.69) is 4.90 Å². The largest absolute Gasteiger partial charge is 0.443 e. The molecule has 1 amide bonds. The number of benzene rings is 2. The zero-order valence-electron chi connectivity index (χ0n) is 17.9. The number of hydrogen-bond acceptors (Lipinski definition) is 6.